The van der Waals surface area contributed by atoms with E-state index in [1.54, 1.807) is 25.3 Å². The van der Waals surface area contributed by atoms with Crippen LogP contribution in [0.1, 0.15) is 19.3 Å². The van der Waals surface area contributed by atoms with Gasteiger partial charge in [-0.25, -0.2) is 0 Å². The fourth-order valence-corrected chi connectivity index (χ4v) is 1.97. The number of nitrogens with zero attached hydrogens (tertiary/aromatic N) is 1. The van der Waals surface area contributed by atoms with E-state index in [1.165, 1.54) is 12.8 Å². The molecule has 5 heteroatoms. The second-order valence-electron chi connectivity index (χ2n) is 4.96. The summed E-state index contributed by atoms with van der Waals surface area (Å²) in [5.41, 5.74) is 7.01. The Morgan fingerprint density at radius 3 is 2.84 bits per heavy atom. The number of ether oxygens (including phenoxy) is 1. The van der Waals surface area contributed by atoms with Crippen molar-refractivity contribution in [2.45, 2.75) is 25.3 Å². The molecule has 1 aromatic carbocycles. The van der Waals surface area contributed by atoms with Crippen LogP contribution in [0.4, 0.5) is 11.4 Å². The molecule has 0 atom stereocenters. The minimum Gasteiger partial charge on any atom is -0.497 e. The minimum atomic E-state index is -0.00985. The number of carbonyl (C=O) groups excluding carboxylic acids is 1. The number of carbonyl (C=O) groups is 1. The molecule has 2 rings (SSSR count). The fourth-order valence-electron chi connectivity index (χ4n) is 1.97. The van der Waals surface area contributed by atoms with Crippen LogP contribution in [0.5, 0.6) is 5.75 Å². The highest BCUT2D eigenvalue weighted by Gasteiger charge is 2.25. The molecule has 19 heavy (non-hydrogen) atoms. The van der Waals surface area contributed by atoms with Crippen molar-refractivity contribution in [1.29, 1.82) is 0 Å². The van der Waals surface area contributed by atoms with Crippen LogP contribution in [0.2, 0.25) is 0 Å². The standard InChI is InChI=1S/C14H21N3O2/c1-17(10-3-4-10)8-7-14(18)16-13-6-5-11(19-2)9-12(13)15/h5-6,9-10H,3-4,7-8,15H2,1-2H3,(H,16,18). The van der Waals surface area contributed by atoms with Gasteiger partial charge in [0.25, 0.3) is 0 Å². The van der Waals surface area contributed by atoms with Gasteiger partial charge in [-0.05, 0) is 32.0 Å². The van der Waals surface area contributed by atoms with Gasteiger partial charge in [0.05, 0.1) is 18.5 Å². The maximum Gasteiger partial charge on any atom is 0.225 e. The normalized spacial score (nSPS) is 14.5. The Morgan fingerprint density at radius 1 is 1.53 bits per heavy atom. The van der Waals surface area contributed by atoms with Gasteiger partial charge in [-0.3, -0.25) is 4.79 Å². The van der Waals surface area contributed by atoms with E-state index in [0.717, 1.165) is 6.54 Å². The monoisotopic (exact) mass is 263 g/mol. The first-order chi connectivity index (χ1) is 9.10. The first-order valence-electron chi connectivity index (χ1n) is 6.53. The predicted octanol–water partition coefficient (Wildman–Crippen LogP) is 1.70. The van der Waals surface area contributed by atoms with E-state index >= 15 is 0 Å². The van der Waals surface area contributed by atoms with E-state index in [0.29, 0.717) is 29.6 Å². The van der Waals surface area contributed by atoms with Gasteiger partial charge in [-0.15, -0.1) is 0 Å². The third-order valence-corrected chi connectivity index (χ3v) is 3.39. The first kappa shape index (κ1) is 13.7. The summed E-state index contributed by atoms with van der Waals surface area (Å²) in [4.78, 5) is 14.1. The van der Waals surface area contributed by atoms with Gasteiger partial charge in [0.1, 0.15) is 5.75 Å². The summed E-state index contributed by atoms with van der Waals surface area (Å²) in [6.45, 7) is 0.784. The lowest BCUT2D eigenvalue weighted by Gasteiger charge is -2.15. The number of hydrogen-bond acceptors (Lipinski definition) is 4. The van der Waals surface area contributed by atoms with Gasteiger partial charge in [-0.2, -0.15) is 0 Å². The van der Waals surface area contributed by atoms with E-state index in [9.17, 15) is 4.79 Å². The smallest absolute Gasteiger partial charge is 0.225 e. The molecule has 1 aromatic rings. The fraction of sp³-hybridized carbons (Fsp3) is 0.500. The maximum atomic E-state index is 11.8. The van der Waals surface area contributed by atoms with Gasteiger partial charge in [0.15, 0.2) is 0 Å². The van der Waals surface area contributed by atoms with Gasteiger partial charge in [0, 0.05) is 25.1 Å². The van der Waals surface area contributed by atoms with Crippen LogP contribution in [0.25, 0.3) is 0 Å². The van der Waals surface area contributed by atoms with Crippen molar-refractivity contribution >= 4 is 17.3 Å². The number of anilines is 2. The Balaban J connectivity index is 1.84. The topological polar surface area (TPSA) is 67.6 Å². The molecule has 0 bridgehead atoms. The Hall–Kier alpha value is -1.75. The zero-order valence-electron chi connectivity index (χ0n) is 11.5. The number of nitrogens with one attached hydrogen (secondary N) is 1. The lowest BCUT2D eigenvalue weighted by Crippen LogP contribution is -2.26. The van der Waals surface area contributed by atoms with Gasteiger partial charge in [-0.1, -0.05) is 0 Å². The maximum absolute atomic E-state index is 11.8. The Labute approximate surface area is 113 Å². The number of amides is 1. The minimum absolute atomic E-state index is 0.00985. The third kappa shape index (κ3) is 3.86. The van der Waals surface area contributed by atoms with Crippen LogP contribution in [0, 0.1) is 0 Å². The van der Waals surface area contributed by atoms with E-state index < -0.39 is 0 Å². The van der Waals surface area contributed by atoms with Crippen LogP contribution in [-0.4, -0.2) is 37.6 Å². The van der Waals surface area contributed by atoms with Crippen molar-refractivity contribution in [3.05, 3.63) is 18.2 Å². The van der Waals surface area contributed by atoms with Crippen LogP contribution in [0.3, 0.4) is 0 Å². The molecule has 1 aliphatic rings. The van der Waals surface area contributed by atoms with Crippen LogP contribution in [0.15, 0.2) is 18.2 Å². The molecule has 0 radical (unpaired) electrons. The number of nitrogens with two attached hydrogens (primary N) is 1. The van der Waals surface area contributed by atoms with Crippen LogP contribution >= 0.6 is 0 Å². The molecule has 104 valence electrons. The molecule has 0 saturated heterocycles. The number of nitrogen functional groups attached to an aromatic ring is 1. The molecule has 1 saturated carbocycles. The summed E-state index contributed by atoms with van der Waals surface area (Å²) in [6.07, 6.45) is 2.99. The Morgan fingerprint density at radius 2 is 2.26 bits per heavy atom. The average molecular weight is 263 g/mol. The molecule has 3 N–H and O–H groups in total. The number of hydrogen-bond donors (Lipinski definition) is 2. The Kier molecular flexibility index (Phi) is 4.27. The van der Waals surface area contributed by atoms with Crippen molar-refractivity contribution in [2.24, 2.45) is 0 Å². The SMILES string of the molecule is COc1ccc(NC(=O)CCN(C)C2CC2)c(N)c1. The van der Waals surface area contributed by atoms with Gasteiger partial charge in [0.2, 0.25) is 5.91 Å². The summed E-state index contributed by atoms with van der Waals surface area (Å²) < 4.78 is 5.07. The van der Waals surface area contributed by atoms with Crippen LogP contribution in [-0.2, 0) is 4.79 Å². The summed E-state index contributed by atoms with van der Waals surface area (Å²) >= 11 is 0. The van der Waals surface area contributed by atoms with Gasteiger partial charge >= 0.3 is 0 Å². The van der Waals surface area contributed by atoms with Crippen molar-refractivity contribution in [3.63, 3.8) is 0 Å². The molecule has 1 aliphatic carbocycles. The van der Waals surface area contributed by atoms with Crippen molar-refractivity contribution in [2.75, 3.05) is 31.8 Å². The van der Waals surface area contributed by atoms with Gasteiger partial charge < -0.3 is 20.7 Å². The second kappa shape index (κ2) is 5.93. The molecule has 0 unspecified atom stereocenters. The third-order valence-electron chi connectivity index (χ3n) is 3.39. The average Bonchev–Trinajstić information content (AvgIpc) is 3.22. The van der Waals surface area contributed by atoms with E-state index in [-0.39, 0.29) is 5.91 Å². The molecule has 0 aliphatic heterocycles. The predicted molar refractivity (Wildman–Crippen MR) is 76.3 cm³/mol. The highest BCUT2D eigenvalue weighted by molar-refractivity contribution is 5.94. The Bertz CT molecular complexity index is 458. The summed E-state index contributed by atoms with van der Waals surface area (Å²) in [7, 11) is 3.65. The van der Waals surface area contributed by atoms with E-state index in [2.05, 4.69) is 17.3 Å². The second-order valence-corrected chi connectivity index (χ2v) is 4.96. The summed E-state index contributed by atoms with van der Waals surface area (Å²) in [6, 6.07) is 5.92. The zero-order chi connectivity index (χ0) is 13.8. The largest absolute Gasteiger partial charge is 0.497 e. The summed E-state index contributed by atoms with van der Waals surface area (Å²) in [5.74, 6) is 0.674. The molecule has 1 fully saturated rings. The molecular formula is C14H21N3O2. The number of rotatable bonds is 6. The van der Waals surface area contributed by atoms with E-state index in [1.807, 2.05) is 0 Å². The highest BCUT2D eigenvalue weighted by Crippen LogP contribution is 2.26. The molecular weight excluding hydrogens is 242 g/mol. The van der Waals surface area contributed by atoms with Crippen molar-refractivity contribution in [3.8, 4) is 5.75 Å². The van der Waals surface area contributed by atoms with Crippen molar-refractivity contribution in [1.82, 2.24) is 4.90 Å². The lowest BCUT2D eigenvalue weighted by molar-refractivity contribution is -0.116. The molecule has 5 nitrogen and oxygen atoms in total. The highest BCUT2D eigenvalue weighted by atomic mass is 16.5. The summed E-state index contributed by atoms with van der Waals surface area (Å²) in [5, 5.41) is 2.83. The quantitative estimate of drug-likeness (QED) is 0.767. The first-order valence-corrected chi connectivity index (χ1v) is 6.53. The molecule has 0 heterocycles. The van der Waals surface area contributed by atoms with Crippen molar-refractivity contribution < 1.29 is 9.53 Å². The zero-order valence-corrected chi connectivity index (χ0v) is 11.5. The lowest BCUT2D eigenvalue weighted by atomic mass is 10.2. The molecule has 0 aromatic heterocycles. The van der Waals surface area contributed by atoms with E-state index in [4.69, 9.17) is 10.5 Å². The number of methoxy groups -OCH3 is 1. The molecule has 1 amide bonds. The number of benzene rings is 1. The van der Waals surface area contributed by atoms with Crippen LogP contribution < -0.4 is 15.8 Å². The molecule has 0 spiro atoms.